The Morgan fingerprint density at radius 1 is 1.26 bits per heavy atom. The van der Waals surface area contributed by atoms with Crippen LogP contribution in [-0.2, 0) is 13.0 Å². The van der Waals surface area contributed by atoms with Gasteiger partial charge in [0.25, 0.3) is 0 Å². The Labute approximate surface area is 112 Å². The van der Waals surface area contributed by atoms with Gasteiger partial charge in [-0.1, -0.05) is 12.1 Å². The van der Waals surface area contributed by atoms with Gasteiger partial charge in [-0.15, -0.1) is 0 Å². The lowest BCUT2D eigenvalue weighted by Crippen LogP contribution is -2.07. The van der Waals surface area contributed by atoms with Crippen LogP contribution in [0.25, 0.3) is 0 Å². The van der Waals surface area contributed by atoms with Gasteiger partial charge < -0.3 is 15.2 Å². The van der Waals surface area contributed by atoms with E-state index in [1.807, 2.05) is 35.1 Å². The number of hydrogen-bond donors (Lipinski definition) is 1. The monoisotopic (exact) mass is 261 g/mol. The van der Waals surface area contributed by atoms with E-state index in [0.717, 1.165) is 29.2 Å². The van der Waals surface area contributed by atoms with E-state index in [2.05, 4.69) is 5.10 Å². The van der Waals surface area contributed by atoms with Crippen molar-refractivity contribution in [3.05, 3.63) is 41.6 Å². The van der Waals surface area contributed by atoms with E-state index < -0.39 is 0 Å². The molecular weight excluding hydrogens is 242 g/mol. The minimum Gasteiger partial charge on any atom is -0.497 e. The van der Waals surface area contributed by atoms with Gasteiger partial charge in [0.05, 0.1) is 27.0 Å². The largest absolute Gasteiger partial charge is 0.497 e. The number of nitrogens with zero attached hydrogens (tertiary/aromatic N) is 2. The molecule has 0 aliphatic rings. The molecule has 0 amide bonds. The highest BCUT2D eigenvalue weighted by Gasteiger charge is 2.11. The van der Waals surface area contributed by atoms with Crippen LogP contribution in [0, 0.1) is 0 Å². The lowest BCUT2D eigenvalue weighted by Gasteiger charge is -2.09. The Bertz CT molecular complexity index is 537. The summed E-state index contributed by atoms with van der Waals surface area (Å²) >= 11 is 0. The average Bonchev–Trinajstić information content (AvgIpc) is 2.81. The van der Waals surface area contributed by atoms with Crippen LogP contribution in [0.3, 0.4) is 0 Å². The van der Waals surface area contributed by atoms with Crippen LogP contribution >= 0.6 is 0 Å². The second kappa shape index (κ2) is 6.24. The molecule has 0 saturated heterocycles. The highest BCUT2D eigenvalue weighted by atomic mass is 16.5. The maximum Gasteiger partial charge on any atom is 0.215 e. The van der Waals surface area contributed by atoms with Crippen LogP contribution in [0.2, 0.25) is 0 Å². The molecule has 0 spiro atoms. The molecule has 0 unspecified atom stereocenters. The molecule has 5 heteroatoms. The molecule has 2 rings (SSSR count). The molecule has 2 N–H and O–H groups in total. The summed E-state index contributed by atoms with van der Waals surface area (Å²) in [7, 11) is 3.31. The standard InChI is InChI=1S/C14H19N3O2/c1-18-13-5-3-4-11(8-13)10-17-14(19-2)12(6-7-15)9-16-17/h3-5,8-9H,6-7,10,15H2,1-2H3. The molecular formula is C14H19N3O2. The van der Waals surface area contributed by atoms with E-state index in [1.165, 1.54) is 0 Å². The molecule has 102 valence electrons. The summed E-state index contributed by atoms with van der Waals surface area (Å²) in [6, 6.07) is 7.91. The fourth-order valence-corrected chi connectivity index (χ4v) is 2.03. The summed E-state index contributed by atoms with van der Waals surface area (Å²) in [6.45, 7) is 1.23. The minimum absolute atomic E-state index is 0.585. The number of ether oxygens (including phenoxy) is 2. The van der Waals surface area contributed by atoms with Crippen LogP contribution in [0.15, 0.2) is 30.5 Å². The molecule has 1 aromatic heterocycles. The number of nitrogens with two attached hydrogens (primary N) is 1. The van der Waals surface area contributed by atoms with Crippen molar-refractivity contribution in [1.82, 2.24) is 9.78 Å². The summed E-state index contributed by atoms with van der Waals surface area (Å²) in [5, 5.41) is 4.35. The van der Waals surface area contributed by atoms with Gasteiger partial charge >= 0.3 is 0 Å². The molecule has 19 heavy (non-hydrogen) atoms. The predicted molar refractivity (Wildman–Crippen MR) is 73.6 cm³/mol. The third-order valence-electron chi connectivity index (χ3n) is 2.94. The summed E-state index contributed by atoms with van der Waals surface area (Å²) < 4.78 is 12.5. The van der Waals surface area contributed by atoms with Gasteiger partial charge in [-0.2, -0.15) is 5.10 Å². The molecule has 0 atom stereocenters. The second-order valence-electron chi connectivity index (χ2n) is 4.23. The molecule has 2 aromatic rings. The average molecular weight is 261 g/mol. The number of rotatable bonds is 6. The first-order chi connectivity index (χ1) is 9.28. The zero-order valence-corrected chi connectivity index (χ0v) is 11.3. The van der Waals surface area contributed by atoms with Crippen LogP contribution < -0.4 is 15.2 Å². The maximum atomic E-state index is 5.57. The lowest BCUT2D eigenvalue weighted by molar-refractivity contribution is 0.362. The molecule has 1 heterocycles. The molecule has 0 aliphatic heterocycles. The van der Waals surface area contributed by atoms with Gasteiger partial charge in [-0.05, 0) is 30.7 Å². The molecule has 0 aliphatic carbocycles. The highest BCUT2D eigenvalue weighted by molar-refractivity contribution is 5.30. The van der Waals surface area contributed by atoms with Crippen LogP contribution in [0.5, 0.6) is 11.6 Å². The highest BCUT2D eigenvalue weighted by Crippen LogP contribution is 2.20. The molecule has 0 saturated carbocycles. The summed E-state index contributed by atoms with van der Waals surface area (Å²) in [6.07, 6.45) is 2.58. The van der Waals surface area contributed by atoms with Crippen molar-refractivity contribution in [3.63, 3.8) is 0 Å². The molecule has 0 radical (unpaired) electrons. The molecule has 5 nitrogen and oxygen atoms in total. The van der Waals surface area contributed by atoms with E-state index in [0.29, 0.717) is 13.1 Å². The Hall–Kier alpha value is -2.01. The van der Waals surface area contributed by atoms with Crippen LogP contribution in [0.4, 0.5) is 0 Å². The van der Waals surface area contributed by atoms with Crippen LogP contribution in [0.1, 0.15) is 11.1 Å². The van der Waals surface area contributed by atoms with Crippen molar-refractivity contribution in [2.24, 2.45) is 5.73 Å². The van der Waals surface area contributed by atoms with E-state index in [1.54, 1.807) is 14.2 Å². The Morgan fingerprint density at radius 3 is 2.79 bits per heavy atom. The summed E-state index contributed by atoms with van der Waals surface area (Å²) in [4.78, 5) is 0. The normalized spacial score (nSPS) is 10.5. The Balaban J connectivity index is 2.22. The van der Waals surface area contributed by atoms with Crippen molar-refractivity contribution in [2.75, 3.05) is 20.8 Å². The fraction of sp³-hybridized carbons (Fsp3) is 0.357. The fourth-order valence-electron chi connectivity index (χ4n) is 2.03. The van der Waals surface area contributed by atoms with Crippen molar-refractivity contribution in [2.45, 2.75) is 13.0 Å². The summed E-state index contributed by atoms with van der Waals surface area (Å²) in [5.74, 6) is 1.61. The predicted octanol–water partition coefficient (Wildman–Crippen LogP) is 1.45. The van der Waals surface area contributed by atoms with Crippen molar-refractivity contribution in [1.29, 1.82) is 0 Å². The zero-order chi connectivity index (χ0) is 13.7. The maximum absolute atomic E-state index is 5.57. The second-order valence-corrected chi connectivity index (χ2v) is 4.23. The van der Waals surface area contributed by atoms with E-state index >= 15 is 0 Å². The summed E-state index contributed by atoms with van der Waals surface area (Å²) in [5.41, 5.74) is 7.72. The topological polar surface area (TPSA) is 62.3 Å². The van der Waals surface area contributed by atoms with Crippen molar-refractivity contribution >= 4 is 0 Å². The van der Waals surface area contributed by atoms with Crippen LogP contribution in [-0.4, -0.2) is 30.5 Å². The quantitative estimate of drug-likeness (QED) is 0.855. The van der Waals surface area contributed by atoms with Gasteiger partial charge in [0.2, 0.25) is 5.88 Å². The van der Waals surface area contributed by atoms with Gasteiger partial charge in [0.1, 0.15) is 5.75 Å². The van der Waals surface area contributed by atoms with Crippen molar-refractivity contribution in [3.8, 4) is 11.6 Å². The SMILES string of the molecule is COc1cccc(Cn2ncc(CCN)c2OC)c1. The smallest absolute Gasteiger partial charge is 0.215 e. The van der Waals surface area contributed by atoms with E-state index in [4.69, 9.17) is 15.2 Å². The molecule has 0 bridgehead atoms. The molecule has 0 fully saturated rings. The van der Waals surface area contributed by atoms with E-state index in [-0.39, 0.29) is 0 Å². The third-order valence-corrected chi connectivity index (χ3v) is 2.94. The molecule has 1 aromatic carbocycles. The Morgan fingerprint density at radius 2 is 2.11 bits per heavy atom. The first-order valence-electron chi connectivity index (χ1n) is 6.20. The van der Waals surface area contributed by atoms with Gasteiger partial charge in [-0.3, -0.25) is 0 Å². The van der Waals surface area contributed by atoms with Gasteiger partial charge in [0.15, 0.2) is 0 Å². The van der Waals surface area contributed by atoms with Crippen molar-refractivity contribution < 1.29 is 9.47 Å². The number of benzene rings is 1. The Kier molecular flexibility index (Phi) is 4.41. The number of methoxy groups -OCH3 is 2. The zero-order valence-electron chi connectivity index (χ0n) is 11.3. The number of hydrogen-bond acceptors (Lipinski definition) is 4. The first kappa shape index (κ1) is 13.4. The lowest BCUT2D eigenvalue weighted by atomic mass is 10.2. The number of aromatic nitrogens is 2. The first-order valence-corrected chi connectivity index (χ1v) is 6.20. The third kappa shape index (κ3) is 3.06. The van der Waals surface area contributed by atoms with Gasteiger partial charge in [0, 0.05) is 5.56 Å². The van der Waals surface area contributed by atoms with Gasteiger partial charge in [-0.25, -0.2) is 4.68 Å². The minimum atomic E-state index is 0.585. The van der Waals surface area contributed by atoms with E-state index in [9.17, 15) is 0 Å².